The summed E-state index contributed by atoms with van der Waals surface area (Å²) >= 11 is 4.24. The molecule has 1 fully saturated rings. The number of hydrogen-bond donors (Lipinski definition) is 2. The Morgan fingerprint density at radius 3 is 2.89 bits per heavy atom. The van der Waals surface area contributed by atoms with Crippen molar-refractivity contribution in [2.24, 2.45) is 5.41 Å². The number of methoxy groups -OCH3 is 1. The number of thiol groups is 1. The molecule has 1 N–H and O–H groups in total. The van der Waals surface area contributed by atoms with Gasteiger partial charge in [0.2, 0.25) is 0 Å². The second-order valence-corrected chi connectivity index (χ2v) is 5.49. The lowest BCUT2D eigenvalue weighted by Crippen LogP contribution is -2.30. The summed E-state index contributed by atoms with van der Waals surface area (Å²) in [4.78, 5) is 12.8. The summed E-state index contributed by atoms with van der Waals surface area (Å²) < 4.78 is 5.10. The van der Waals surface area contributed by atoms with Gasteiger partial charge in [0.25, 0.3) is 5.91 Å². The number of rotatable bonds is 6. The SMILES string of the molecule is COCCC1(CNC(=O)c2cccc(S)c2)CC1. The second-order valence-electron chi connectivity index (χ2n) is 4.98. The molecule has 0 heterocycles. The zero-order valence-corrected chi connectivity index (χ0v) is 11.5. The molecular weight excluding hydrogens is 246 g/mol. The second kappa shape index (κ2) is 5.76. The normalized spacial score (nSPS) is 16.3. The monoisotopic (exact) mass is 265 g/mol. The first-order chi connectivity index (χ1) is 8.65. The van der Waals surface area contributed by atoms with Gasteiger partial charge in [-0.05, 0) is 42.9 Å². The Kier molecular flexibility index (Phi) is 4.30. The minimum absolute atomic E-state index is 0.0189. The van der Waals surface area contributed by atoms with E-state index in [1.165, 1.54) is 12.8 Å². The molecule has 0 spiro atoms. The largest absolute Gasteiger partial charge is 0.385 e. The summed E-state index contributed by atoms with van der Waals surface area (Å²) in [6.07, 6.45) is 3.39. The van der Waals surface area contributed by atoms with E-state index in [2.05, 4.69) is 17.9 Å². The van der Waals surface area contributed by atoms with Gasteiger partial charge in [0.15, 0.2) is 0 Å². The fourth-order valence-electron chi connectivity index (χ4n) is 2.03. The average Bonchev–Trinajstić information content (AvgIpc) is 3.14. The van der Waals surface area contributed by atoms with Gasteiger partial charge in [-0.1, -0.05) is 6.07 Å². The van der Waals surface area contributed by atoms with Crippen molar-refractivity contribution in [2.45, 2.75) is 24.2 Å². The van der Waals surface area contributed by atoms with Gasteiger partial charge in [-0.2, -0.15) is 0 Å². The Bertz CT molecular complexity index is 430. The van der Waals surface area contributed by atoms with E-state index in [0.29, 0.717) is 5.56 Å². The van der Waals surface area contributed by atoms with Gasteiger partial charge in [-0.15, -0.1) is 12.6 Å². The molecule has 0 saturated heterocycles. The highest BCUT2D eigenvalue weighted by atomic mass is 32.1. The van der Waals surface area contributed by atoms with Gasteiger partial charge in [0, 0.05) is 30.7 Å². The Morgan fingerprint density at radius 1 is 1.50 bits per heavy atom. The van der Waals surface area contributed by atoms with Gasteiger partial charge in [0.05, 0.1) is 0 Å². The maximum Gasteiger partial charge on any atom is 0.251 e. The third kappa shape index (κ3) is 3.50. The fourth-order valence-corrected chi connectivity index (χ4v) is 2.25. The molecule has 1 aromatic rings. The number of benzene rings is 1. The van der Waals surface area contributed by atoms with Crippen LogP contribution < -0.4 is 5.32 Å². The molecule has 1 aliphatic rings. The molecule has 0 aromatic heterocycles. The van der Waals surface area contributed by atoms with Crippen LogP contribution in [0.5, 0.6) is 0 Å². The Morgan fingerprint density at radius 2 is 2.28 bits per heavy atom. The van der Waals surface area contributed by atoms with Gasteiger partial charge in [-0.25, -0.2) is 0 Å². The number of hydrogen-bond acceptors (Lipinski definition) is 3. The lowest BCUT2D eigenvalue weighted by atomic mass is 10.0. The van der Waals surface area contributed by atoms with Crippen molar-refractivity contribution in [2.75, 3.05) is 20.3 Å². The third-order valence-corrected chi connectivity index (χ3v) is 3.80. The summed E-state index contributed by atoms with van der Waals surface area (Å²) in [6, 6.07) is 7.30. The predicted octanol–water partition coefficient (Wildman–Crippen LogP) is 2.52. The first kappa shape index (κ1) is 13.4. The van der Waals surface area contributed by atoms with Crippen LogP contribution >= 0.6 is 12.6 Å². The smallest absolute Gasteiger partial charge is 0.251 e. The summed E-state index contributed by atoms with van der Waals surface area (Å²) in [5.41, 5.74) is 0.953. The minimum Gasteiger partial charge on any atom is -0.385 e. The highest BCUT2D eigenvalue weighted by Gasteiger charge is 2.42. The van der Waals surface area contributed by atoms with Gasteiger partial charge in [-0.3, -0.25) is 4.79 Å². The molecule has 3 nitrogen and oxygen atoms in total. The van der Waals surface area contributed by atoms with Crippen LogP contribution in [0.15, 0.2) is 29.2 Å². The van der Waals surface area contributed by atoms with Gasteiger partial charge < -0.3 is 10.1 Å². The van der Waals surface area contributed by atoms with E-state index in [1.807, 2.05) is 18.2 Å². The fraction of sp³-hybridized carbons (Fsp3) is 0.500. The first-order valence-electron chi connectivity index (χ1n) is 6.21. The molecule has 1 aliphatic carbocycles. The van der Waals surface area contributed by atoms with Crippen molar-refractivity contribution in [1.29, 1.82) is 0 Å². The number of carbonyl (C=O) groups is 1. The highest BCUT2D eigenvalue weighted by Crippen LogP contribution is 2.48. The lowest BCUT2D eigenvalue weighted by Gasteiger charge is -2.15. The molecule has 0 aliphatic heterocycles. The van der Waals surface area contributed by atoms with E-state index < -0.39 is 0 Å². The molecular formula is C14H19NO2S. The van der Waals surface area contributed by atoms with Crippen molar-refractivity contribution < 1.29 is 9.53 Å². The van der Waals surface area contributed by atoms with Gasteiger partial charge >= 0.3 is 0 Å². The quantitative estimate of drug-likeness (QED) is 0.776. The van der Waals surface area contributed by atoms with E-state index in [1.54, 1.807) is 13.2 Å². The van der Waals surface area contributed by atoms with Crippen LogP contribution in [0.3, 0.4) is 0 Å². The molecule has 0 unspecified atom stereocenters. The summed E-state index contributed by atoms with van der Waals surface area (Å²) in [7, 11) is 1.72. The Hall–Kier alpha value is -1.00. The maximum atomic E-state index is 12.0. The van der Waals surface area contributed by atoms with Crippen LogP contribution in [0.4, 0.5) is 0 Å². The van der Waals surface area contributed by atoms with E-state index in [-0.39, 0.29) is 11.3 Å². The molecule has 1 saturated carbocycles. The molecule has 98 valence electrons. The lowest BCUT2D eigenvalue weighted by molar-refractivity contribution is 0.0937. The number of ether oxygens (including phenoxy) is 1. The molecule has 1 amide bonds. The number of carbonyl (C=O) groups excluding carboxylic acids is 1. The standard InChI is InChI=1S/C14H19NO2S/c1-17-8-7-14(5-6-14)10-15-13(16)11-3-2-4-12(18)9-11/h2-4,9,18H,5-8,10H2,1H3,(H,15,16). The Labute approximate surface area is 113 Å². The summed E-state index contributed by atoms with van der Waals surface area (Å²) in [6.45, 7) is 1.51. The van der Waals surface area contributed by atoms with Crippen LogP contribution in [0.1, 0.15) is 29.6 Å². The van der Waals surface area contributed by atoms with Crippen LogP contribution in [-0.2, 0) is 4.74 Å². The van der Waals surface area contributed by atoms with Crippen molar-refractivity contribution >= 4 is 18.5 Å². The van der Waals surface area contributed by atoms with Crippen LogP contribution in [0.2, 0.25) is 0 Å². The average molecular weight is 265 g/mol. The molecule has 0 radical (unpaired) electrons. The predicted molar refractivity (Wildman–Crippen MR) is 74.2 cm³/mol. The van der Waals surface area contributed by atoms with Crippen molar-refractivity contribution in [1.82, 2.24) is 5.32 Å². The third-order valence-electron chi connectivity index (χ3n) is 3.53. The van der Waals surface area contributed by atoms with E-state index in [4.69, 9.17) is 4.74 Å². The van der Waals surface area contributed by atoms with E-state index >= 15 is 0 Å². The van der Waals surface area contributed by atoms with Crippen molar-refractivity contribution in [3.63, 3.8) is 0 Å². The number of nitrogens with one attached hydrogen (secondary N) is 1. The Balaban J connectivity index is 1.85. The summed E-state index contributed by atoms with van der Waals surface area (Å²) in [5, 5.41) is 3.01. The van der Waals surface area contributed by atoms with E-state index in [0.717, 1.165) is 24.5 Å². The zero-order valence-electron chi connectivity index (χ0n) is 10.6. The first-order valence-corrected chi connectivity index (χ1v) is 6.66. The molecule has 0 atom stereocenters. The maximum absolute atomic E-state index is 12.0. The topological polar surface area (TPSA) is 38.3 Å². The molecule has 1 aromatic carbocycles. The van der Waals surface area contributed by atoms with Crippen LogP contribution in [0.25, 0.3) is 0 Å². The molecule has 18 heavy (non-hydrogen) atoms. The summed E-state index contributed by atoms with van der Waals surface area (Å²) in [5.74, 6) is -0.0189. The van der Waals surface area contributed by atoms with Gasteiger partial charge in [0.1, 0.15) is 0 Å². The highest BCUT2D eigenvalue weighted by molar-refractivity contribution is 7.80. The van der Waals surface area contributed by atoms with Crippen LogP contribution in [0, 0.1) is 5.41 Å². The molecule has 4 heteroatoms. The van der Waals surface area contributed by atoms with Crippen molar-refractivity contribution in [3.8, 4) is 0 Å². The van der Waals surface area contributed by atoms with Crippen molar-refractivity contribution in [3.05, 3.63) is 29.8 Å². The molecule has 0 bridgehead atoms. The number of amides is 1. The van der Waals surface area contributed by atoms with E-state index in [9.17, 15) is 4.79 Å². The van der Waals surface area contributed by atoms with Crippen LogP contribution in [-0.4, -0.2) is 26.2 Å². The molecule has 2 rings (SSSR count). The minimum atomic E-state index is -0.0189. The zero-order chi connectivity index (χ0) is 13.0.